The third-order valence-corrected chi connectivity index (χ3v) is 2.90. The van der Waals surface area contributed by atoms with Crippen molar-refractivity contribution in [3.05, 3.63) is 53.9 Å². The van der Waals surface area contributed by atoms with E-state index in [0.29, 0.717) is 0 Å². The molecular formula is C14H18FN3. The van der Waals surface area contributed by atoms with Crippen LogP contribution in [0.4, 0.5) is 4.39 Å². The number of aryl methyl sites for hydroxylation is 1. The first-order valence-corrected chi connectivity index (χ1v) is 6.24. The number of hydrogen-bond acceptors (Lipinski definition) is 2. The maximum atomic E-state index is 13.0. The Hall–Kier alpha value is -1.68. The first-order valence-electron chi connectivity index (χ1n) is 6.24. The number of benzene rings is 1. The van der Waals surface area contributed by atoms with Crippen molar-refractivity contribution < 1.29 is 4.39 Å². The summed E-state index contributed by atoms with van der Waals surface area (Å²) >= 11 is 0. The van der Waals surface area contributed by atoms with Gasteiger partial charge in [0.25, 0.3) is 0 Å². The van der Waals surface area contributed by atoms with Crippen molar-refractivity contribution in [2.24, 2.45) is 0 Å². The second-order valence-electron chi connectivity index (χ2n) is 4.19. The van der Waals surface area contributed by atoms with Gasteiger partial charge in [0.2, 0.25) is 0 Å². The predicted octanol–water partition coefficient (Wildman–Crippen LogP) is 2.37. The number of hydrogen-bond donors (Lipinski definition) is 1. The van der Waals surface area contributed by atoms with E-state index in [4.69, 9.17) is 0 Å². The molecule has 1 aromatic carbocycles. The van der Waals surface area contributed by atoms with Crippen LogP contribution >= 0.6 is 0 Å². The van der Waals surface area contributed by atoms with Crippen molar-refractivity contribution in [1.82, 2.24) is 14.9 Å². The lowest BCUT2D eigenvalue weighted by molar-refractivity contribution is 0.607. The molecule has 2 aromatic rings. The monoisotopic (exact) mass is 247 g/mol. The normalized spacial score (nSPS) is 10.8. The number of imidazole rings is 1. The van der Waals surface area contributed by atoms with Gasteiger partial charge in [-0.25, -0.2) is 9.37 Å². The van der Waals surface area contributed by atoms with Crippen LogP contribution in [0.25, 0.3) is 0 Å². The van der Waals surface area contributed by atoms with Gasteiger partial charge in [-0.2, -0.15) is 0 Å². The van der Waals surface area contributed by atoms with Crippen molar-refractivity contribution in [3.63, 3.8) is 0 Å². The molecule has 0 saturated heterocycles. The van der Waals surface area contributed by atoms with Gasteiger partial charge in [-0.3, -0.25) is 0 Å². The molecule has 1 N–H and O–H groups in total. The van der Waals surface area contributed by atoms with E-state index in [-0.39, 0.29) is 5.82 Å². The zero-order chi connectivity index (χ0) is 12.8. The zero-order valence-electron chi connectivity index (χ0n) is 10.6. The van der Waals surface area contributed by atoms with Crippen molar-refractivity contribution in [2.45, 2.75) is 26.4 Å². The number of aromatic nitrogens is 2. The molecule has 0 aliphatic heterocycles. The van der Waals surface area contributed by atoms with E-state index in [1.54, 1.807) is 12.1 Å². The smallest absolute Gasteiger partial charge is 0.123 e. The Morgan fingerprint density at radius 2 is 2.28 bits per heavy atom. The largest absolute Gasteiger partial charge is 0.334 e. The van der Waals surface area contributed by atoms with Crippen LogP contribution in [0.3, 0.4) is 0 Å². The summed E-state index contributed by atoms with van der Waals surface area (Å²) in [7, 11) is 0. The summed E-state index contributed by atoms with van der Waals surface area (Å²) in [6, 6.07) is 6.73. The Kier molecular flexibility index (Phi) is 4.47. The minimum Gasteiger partial charge on any atom is -0.334 e. The van der Waals surface area contributed by atoms with E-state index in [9.17, 15) is 4.39 Å². The SMILES string of the molecule is CCn1ccnc1CNCCc1cccc(F)c1. The maximum Gasteiger partial charge on any atom is 0.123 e. The van der Waals surface area contributed by atoms with E-state index in [1.807, 2.05) is 18.5 Å². The molecular weight excluding hydrogens is 229 g/mol. The molecule has 4 heteroatoms. The molecule has 96 valence electrons. The Bertz CT molecular complexity index is 493. The van der Waals surface area contributed by atoms with Gasteiger partial charge < -0.3 is 9.88 Å². The molecule has 1 aromatic heterocycles. The summed E-state index contributed by atoms with van der Waals surface area (Å²) in [5.74, 6) is 0.866. The molecule has 0 fully saturated rings. The highest BCUT2D eigenvalue weighted by Gasteiger charge is 2.00. The van der Waals surface area contributed by atoms with E-state index in [1.165, 1.54) is 6.07 Å². The van der Waals surface area contributed by atoms with Gasteiger partial charge >= 0.3 is 0 Å². The molecule has 0 saturated carbocycles. The van der Waals surface area contributed by atoms with Crippen molar-refractivity contribution in [2.75, 3.05) is 6.54 Å². The molecule has 2 rings (SSSR count). The third kappa shape index (κ3) is 3.40. The van der Waals surface area contributed by atoms with Gasteiger partial charge in [-0.15, -0.1) is 0 Å². The predicted molar refractivity (Wildman–Crippen MR) is 69.7 cm³/mol. The standard InChI is InChI=1S/C14H18FN3/c1-2-18-9-8-17-14(18)11-16-7-6-12-4-3-5-13(15)10-12/h3-5,8-10,16H,2,6-7,11H2,1H3. The third-order valence-electron chi connectivity index (χ3n) is 2.90. The molecule has 1 heterocycles. The highest BCUT2D eigenvalue weighted by Crippen LogP contribution is 2.03. The van der Waals surface area contributed by atoms with Crippen LogP contribution in [-0.2, 0) is 19.5 Å². The Morgan fingerprint density at radius 3 is 3.06 bits per heavy atom. The fourth-order valence-corrected chi connectivity index (χ4v) is 1.92. The van der Waals surface area contributed by atoms with E-state index in [2.05, 4.69) is 21.8 Å². The van der Waals surface area contributed by atoms with Crippen LogP contribution in [0.5, 0.6) is 0 Å². The lowest BCUT2D eigenvalue weighted by Crippen LogP contribution is -2.19. The van der Waals surface area contributed by atoms with Gasteiger partial charge in [0.15, 0.2) is 0 Å². The number of rotatable bonds is 6. The highest BCUT2D eigenvalue weighted by molar-refractivity contribution is 5.16. The summed E-state index contributed by atoms with van der Waals surface area (Å²) < 4.78 is 15.1. The van der Waals surface area contributed by atoms with Gasteiger partial charge in [-0.05, 0) is 37.6 Å². The van der Waals surface area contributed by atoms with Crippen LogP contribution in [0, 0.1) is 5.82 Å². The highest BCUT2D eigenvalue weighted by atomic mass is 19.1. The first-order chi connectivity index (χ1) is 8.79. The van der Waals surface area contributed by atoms with Crippen LogP contribution < -0.4 is 5.32 Å². The Morgan fingerprint density at radius 1 is 1.39 bits per heavy atom. The van der Waals surface area contributed by atoms with Crippen LogP contribution in [0.1, 0.15) is 18.3 Å². The average Bonchev–Trinajstić information content (AvgIpc) is 2.82. The van der Waals surface area contributed by atoms with Crippen LogP contribution in [0.2, 0.25) is 0 Å². The van der Waals surface area contributed by atoms with Gasteiger partial charge in [0, 0.05) is 18.9 Å². The van der Waals surface area contributed by atoms with Gasteiger partial charge in [0.05, 0.1) is 6.54 Å². The van der Waals surface area contributed by atoms with E-state index >= 15 is 0 Å². The zero-order valence-corrected chi connectivity index (χ0v) is 10.6. The number of nitrogens with zero attached hydrogens (tertiary/aromatic N) is 2. The number of nitrogens with one attached hydrogen (secondary N) is 1. The minimum absolute atomic E-state index is 0.172. The molecule has 0 spiro atoms. The lowest BCUT2D eigenvalue weighted by Gasteiger charge is -2.06. The fourth-order valence-electron chi connectivity index (χ4n) is 1.92. The number of halogens is 1. The maximum absolute atomic E-state index is 13.0. The lowest BCUT2D eigenvalue weighted by atomic mass is 10.1. The van der Waals surface area contributed by atoms with Crippen molar-refractivity contribution in [1.29, 1.82) is 0 Å². The molecule has 0 bridgehead atoms. The molecule has 0 radical (unpaired) electrons. The van der Waals surface area contributed by atoms with E-state index < -0.39 is 0 Å². The Labute approximate surface area is 107 Å². The molecule has 0 aliphatic rings. The topological polar surface area (TPSA) is 29.9 Å². The molecule has 0 aliphatic carbocycles. The molecule has 18 heavy (non-hydrogen) atoms. The summed E-state index contributed by atoms with van der Waals surface area (Å²) in [5, 5.41) is 3.32. The summed E-state index contributed by atoms with van der Waals surface area (Å²) in [4.78, 5) is 4.29. The summed E-state index contributed by atoms with van der Waals surface area (Å²) in [6.45, 7) is 4.59. The summed E-state index contributed by atoms with van der Waals surface area (Å²) in [6.07, 6.45) is 4.61. The van der Waals surface area contributed by atoms with Crippen molar-refractivity contribution >= 4 is 0 Å². The molecule has 3 nitrogen and oxygen atoms in total. The second-order valence-corrected chi connectivity index (χ2v) is 4.19. The fraction of sp³-hybridized carbons (Fsp3) is 0.357. The molecule has 0 atom stereocenters. The quantitative estimate of drug-likeness (QED) is 0.794. The van der Waals surface area contributed by atoms with Crippen LogP contribution in [0.15, 0.2) is 36.7 Å². The summed E-state index contributed by atoms with van der Waals surface area (Å²) in [5.41, 5.74) is 1.02. The van der Waals surface area contributed by atoms with E-state index in [0.717, 1.165) is 37.4 Å². The average molecular weight is 247 g/mol. The first kappa shape index (κ1) is 12.8. The second kappa shape index (κ2) is 6.31. The van der Waals surface area contributed by atoms with Crippen molar-refractivity contribution in [3.8, 4) is 0 Å². The molecule has 0 amide bonds. The Balaban J connectivity index is 1.76. The van der Waals surface area contributed by atoms with Gasteiger partial charge in [0.1, 0.15) is 11.6 Å². The van der Waals surface area contributed by atoms with Gasteiger partial charge in [-0.1, -0.05) is 12.1 Å². The van der Waals surface area contributed by atoms with Crippen LogP contribution in [-0.4, -0.2) is 16.1 Å². The molecule has 0 unspecified atom stereocenters. The minimum atomic E-state index is -0.172.